The highest BCUT2D eigenvalue weighted by molar-refractivity contribution is 7.95. The Morgan fingerprint density at radius 1 is 1.50 bits per heavy atom. The molecule has 1 aliphatic heterocycles. The number of rotatable bonds is 1. The third-order valence-electron chi connectivity index (χ3n) is 2.56. The van der Waals surface area contributed by atoms with Crippen molar-refractivity contribution in [2.45, 2.75) is 27.1 Å². The molecule has 0 aliphatic carbocycles. The molecule has 1 atom stereocenters. The molecule has 1 aromatic rings. The number of sulfonamides is 1. The number of sulfone groups is 1. The minimum atomic E-state index is -3.85. The first-order valence-electron chi connectivity index (χ1n) is 4.83. The van der Waals surface area contributed by atoms with Gasteiger partial charge in [0.2, 0.25) is 10.0 Å². The molecule has 2 heterocycles. The Morgan fingerprint density at radius 2 is 2.11 bits per heavy atom. The molecule has 0 fully saturated rings. The fourth-order valence-corrected chi connectivity index (χ4v) is 5.85. The second-order valence-corrected chi connectivity index (χ2v) is 9.31. The summed E-state index contributed by atoms with van der Waals surface area (Å²) in [7, 11) is -7.31. The molecule has 104 valence electrons. The quantitative estimate of drug-likeness (QED) is 0.757. The zero-order valence-corrected chi connectivity index (χ0v) is 12.7. The average molecular weight is 333 g/mol. The molecule has 2 rings (SSSR count). The SMILES string of the molecule is C[C@@H]1CNCc2cc(S(N)(=O)=O)sc2S1(=O)=O.Cl. The van der Waals surface area contributed by atoms with Crippen LogP contribution in [0.2, 0.25) is 0 Å². The predicted octanol–water partition coefficient (Wildman–Crippen LogP) is 0.0827. The summed E-state index contributed by atoms with van der Waals surface area (Å²) >= 11 is 0.725. The van der Waals surface area contributed by atoms with Gasteiger partial charge in [-0.25, -0.2) is 22.0 Å². The lowest BCUT2D eigenvalue weighted by molar-refractivity contribution is 0.581. The van der Waals surface area contributed by atoms with Crippen molar-refractivity contribution in [2.24, 2.45) is 5.14 Å². The minimum absolute atomic E-state index is 0. The Kier molecular flexibility index (Phi) is 4.46. The fraction of sp³-hybridized carbons (Fsp3) is 0.500. The first-order chi connectivity index (χ1) is 7.73. The van der Waals surface area contributed by atoms with Gasteiger partial charge in [-0.1, -0.05) is 0 Å². The van der Waals surface area contributed by atoms with Gasteiger partial charge in [-0.05, 0) is 18.6 Å². The van der Waals surface area contributed by atoms with E-state index < -0.39 is 25.1 Å². The van der Waals surface area contributed by atoms with Crippen molar-refractivity contribution in [3.63, 3.8) is 0 Å². The van der Waals surface area contributed by atoms with Crippen LogP contribution in [0.5, 0.6) is 0 Å². The zero-order valence-electron chi connectivity index (χ0n) is 9.41. The summed E-state index contributed by atoms with van der Waals surface area (Å²) in [6, 6.07) is 1.33. The van der Waals surface area contributed by atoms with Crippen LogP contribution in [0.1, 0.15) is 12.5 Å². The molecule has 0 bridgehead atoms. The summed E-state index contributed by atoms with van der Waals surface area (Å²) < 4.78 is 46.6. The Balaban J connectivity index is 0.00000162. The van der Waals surface area contributed by atoms with Gasteiger partial charge in [0, 0.05) is 13.1 Å². The van der Waals surface area contributed by atoms with Crippen molar-refractivity contribution in [3.05, 3.63) is 11.6 Å². The summed E-state index contributed by atoms with van der Waals surface area (Å²) in [6.45, 7) is 2.28. The lowest BCUT2D eigenvalue weighted by Crippen LogP contribution is -2.27. The van der Waals surface area contributed by atoms with E-state index in [1.165, 1.54) is 6.07 Å². The fourth-order valence-electron chi connectivity index (χ4n) is 1.59. The van der Waals surface area contributed by atoms with Gasteiger partial charge in [0.25, 0.3) is 0 Å². The second kappa shape index (κ2) is 5.06. The van der Waals surface area contributed by atoms with Crippen LogP contribution < -0.4 is 10.5 Å². The standard InChI is InChI=1S/C8H12N2O4S3.ClH/c1-5-3-10-4-6-2-7(17(9,13)14)15-8(6)16(5,11)12;/h2,5,10H,3-4H2,1H3,(H2,9,13,14);1H/t5-;/m1./s1. The zero-order chi connectivity index (χ0) is 12.8. The number of halogens is 1. The third kappa shape index (κ3) is 2.70. The van der Waals surface area contributed by atoms with E-state index >= 15 is 0 Å². The summed E-state index contributed by atoms with van der Waals surface area (Å²) in [4.78, 5) is 0. The van der Waals surface area contributed by atoms with Gasteiger partial charge >= 0.3 is 0 Å². The molecule has 0 amide bonds. The highest BCUT2D eigenvalue weighted by Gasteiger charge is 2.32. The van der Waals surface area contributed by atoms with E-state index in [9.17, 15) is 16.8 Å². The number of hydrogen-bond acceptors (Lipinski definition) is 6. The van der Waals surface area contributed by atoms with Crippen LogP contribution >= 0.6 is 23.7 Å². The maximum absolute atomic E-state index is 12.1. The van der Waals surface area contributed by atoms with Crippen molar-refractivity contribution in [2.75, 3.05) is 6.54 Å². The monoisotopic (exact) mass is 332 g/mol. The number of thiophene rings is 1. The molecule has 0 radical (unpaired) electrons. The highest BCUT2D eigenvalue weighted by atomic mass is 35.5. The van der Waals surface area contributed by atoms with Crippen LogP contribution in [0, 0.1) is 0 Å². The van der Waals surface area contributed by atoms with E-state index in [4.69, 9.17) is 5.14 Å². The number of primary sulfonamides is 1. The molecule has 18 heavy (non-hydrogen) atoms. The molecular formula is C8H13ClN2O4S3. The predicted molar refractivity (Wildman–Crippen MR) is 71.3 cm³/mol. The van der Waals surface area contributed by atoms with Gasteiger partial charge in [-0.3, -0.25) is 0 Å². The summed E-state index contributed by atoms with van der Waals surface area (Å²) in [5.41, 5.74) is 0.475. The number of nitrogens with one attached hydrogen (secondary N) is 1. The molecule has 0 spiro atoms. The molecule has 0 saturated heterocycles. The van der Waals surface area contributed by atoms with E-state index in [0.717, 1.165) is 11.3 Å². The van der Waals surface area contributed by atoms with Crippen LogP contribution in [0.25, 0.3) is 0 Å². The summed E-state index contributed by atoms with van der Waals surface area (Å²) in [5.74, 6) is 0. The minimum Gasteiger partial charge on any atom is -0.311 e. The Labute approximate surface area is 116 Å². The van der Waals surface area contributed by atoms with E-state index in [1.54, 1.807) is 6.92 Å². The van der Waals surface area contributed by atoms with E-state index in [0.29, 0.717) is 18.7 Å². The number of hydrogen-bond donors (Lipinski definition) is 2. The van der Waals surface area contributed by atoms with Gasteiger partial charge < -0.3 is 5.32 Å². The number of nitrogens with two attached hydrogens (primary N) is 1. The largest absolute Gasteiger partial charge is 0.311 e. The maximum atomic E-state index is 12.1. The van der Waals surface area contributed by atoms with Gasteiger partial charge in [0.1, 0.15) is 8.42 Å². The summed E-state index contributed by atoms with van der Waals surface area (Å²) in [5, 5.41) is 7.39. The average Bonchev–Trinajstić information content (AvgIpc) is 2.57. The summed E-state index contributed by atoms with van der Waals surface area (Å²) in [6.07, 6.45) is 0. The van der Waals surface area contributed by atoms with Crippen molar-refractivity contribution in [1.82, 2.24) is 5.32 Å². The van der Waals surface area contributed by atoms with Gasteiger partial charge in [0.05, 0.1) is 5.25 Å². The highest BCUT2D eigenvalue weighted by Crippen LogP contribution is 2.33. The van der Waals surface area contributed by atoms with E-state index in [2.05, 4.69) is 5.32 Å². The van der Waals surface area contributed by atoms with Crippen molar-refractivity contribution in [1.29, 1.82) is 0 Å². The van der Waals surface area contributed by atoms with Crippen molar-refractivity contribution in [3.8, 4) is 0 Å². The molecule has 1 aromatic heterocycles. The molecule has 0 unspecified atom stereocenters. The van der Waals surface area contributed by atoms with E-state index in [1.807, 2.05) is 0 Å². The van der Waals surface area contributed by atoms with Crippen LogP contribution in [0.4, 0.5) is 0 Å². The smallest absolute Gasteiger partial charge is 0.247 e. The normalized spacial score (nSPS) is 22.7. The molecule has 1 aliphatic rings. The lowest BCUT2D eigenvalue weighted by atomic mass is 10.3. The maximum Gasteiger partial charge on any atom is 0.247 e. The van der Waals surface area contributed by atoms with Crippen molar-refractivity contribution < 1.29 is 16.8 Å². The van der Waals surface area contributed by atoms with Crippen LogP contribution in [-0.4, -0.2) is 28.6 Å². The number of fused-ring (bicyclic) bond motifs is 1. The second-order valence-electron chi connectivity index (χ2n) is 3.91. The molecular weight excluding hydrogens is 320 g/mol. The third-order valence-corrected chi connectivity index (χ3v) is 7.91. The molecule has 10 heteroatoms. The first-order valence-corrected chi connectivity index (χ1v) is 8.74. The van der Waals surface area contributed by atoms with Gasteiger partial charge in [0.15, 0.2) is 9.84 Å². The van der Waals surface area contributed by atoms with Crippen molar-refractivity contribution >= 4 is 43.6 Å². The molecule has 6 nitrogen and oxygen atoms in total. The van der Waals surface area contributed by atoms with Gasteiger partial charge in [-0.15, -0.1) is 23.7 Å². The first kappa shape index (κ1) is 15.9. The molecule has 3 N–H and O–H groups in total. The Hall–Kier alpha value is -0.190. The molecule has 0 saturated carbocycles. The van der Waals surface area contributed by atoms with Gasteiger partial charge in [-0.2, -0.15) is 0 Å². The van der Waals surface area contributed by atoms with E-state index in [-0.39, 0.29) is 20.8 Å². The lowest BCUT2D eigenvalue weighted by Gasteiger charge is -2.07. The van der Waals surface area contributed by atoms with Crippen LogP contribution in [-0.2, 0) is 26.4 Å². The molecule has 0 aromatic carbocycles. The topological polar surface area (TPSA) is 106 Å². The van der Waals surface area contributed by atoms with Crippen LogP contribution in [0.3, 0.4) is 0 Å². The van der Waals surface area contributed by atoms with Crippen LogP contribution in [0.15, 0.2) is 14.5 Å². The Bertz CT molecular complexity index is 650. The Morgan fingerprint density at radius 3 is 2.67 bits per heavy atom.